The monoisotopic (exact) mass is 261 g/mol. The Hall–Kier alpha value is -0.440. The van der Waals surface area contributed by atoms with E-state index < -0.39 is 0 Å². The molecule has 0 fully saturated rings. The predicted molar refractivity (Wildman–Crippen MR) is 69.7 cm³/mol. The molecule has 0 saturated carbocycles. The first-order chi connectivity index (χ1) is 7.74. The van der Waals surface area contributed by atoms with Gasteiger partial charge in [-0.05, 0) is 38.1 Å². The Kier molecular flexibility index (Phi) is 6.62. The smallest absolute Gasteiger partial charge is 0.120 e. The molecule has 90 valence electrons. The lowest BCUT2D eigenvalue weighted by Gasteiger charge is -2.07. The molecule has 0 spiro atoms. The Morgan fingerprint density at radius 3 is 2.69 bits per heavy atom. The van der Waals surface area contributed by atoms with E-state index >= 15 is 0 Å². The average molecular weight is 262 g/mol. The van der Waals surface area contributed by atoms with Gasteiger partial charge in [0, 0.05) is 6.07 Å². The highest BCUT2D eigenvalue weighted by molar-refractivity contribution is 6.42. The van der Waals surface area contributed by atoms with Gasteiger partial charge in [0.25, 0.3) is 0 Å². The third-order valence-electron chi connectivity index (χ3n) is 2.08. The van der Waals surface area contributed by atoms with Crippen LogP contribution in [0.2, 0.25) is 10.0 Å². The second-order valence-electron chi connectivity index (χ2n) is 3.53. The molecule has 0 aliphatic carbocycles. The summed E-state index contributed by atoms with van der Waals surface area (Å²) < 4.78 is 5.54. The SMILES string of the molecule is CCCNCCCOc1ccc(Cl)c(Cl)c1. The van der Waals surface area contributed by atoms with E-state index in [-0.39, 0.29) is 0 Å². The van der Waals surface area contributed by atoms with Gasteiger partial charge >= 0.3 is 0 Å². The molecule has 0 aliphatic rings. The Bertz CT molecular complexity index is 318. The van der Waals surface area contributed by atoms with Crippen LogP contribution in [0.5, 0.6) is 5.75 Å². The van der Waals surface area contributed by atoms with Crippen molar-refractivity contribution in [1.82, 2.24) is 5.32 Å². The van der Waals surface area contributed by atoms with Crippen molar-refractivity contribution in [2.45, 2.75) is 19.8 Å². The molecule has 2 nitrogen and oxygen atoms in total. The van der Waals surface area contributed by atoms with E-state index in [1.165, 1.54) is 0 Å². The largest absolute Gasteiger partial charge is 0.493 e. The highest BCUT2D eigenvalue weighted by Gasteiger charge is 1.99. The third kappa shape index (κ3) is 5.06. The van der Waals surface area contributed by atoms with Crippen LogP contribution in [0.15, 0.2) is 18.2 Å². The molecule has 0 unspecified atom stereocenters. The standard InChI is InChI=1S/C12H17Cl2NO/c1-2-6-15-7-3-8-16-10-4-5-11(13)12(14)9-10/h4-5,9,15H,2-3,6-8H2,1H3. The number of halogens is 2. The van der Waals surface area contributed by atoms with Crippen LogP contribution in [-0.2, 0) is 0 Å². The molecule has 16 heavy (non-hydrogen) atoms. The molecule has 0 amide bonds. The quantitative estimate of drug-likeness (QED) is 0.755. The Labute approximate surface area is 107 Å². The van der Waals surface area contributed by atoms with E-state index in [2.05, 4.69) is 12.2 Å². The number of hydrogen-bond donors (Lipinski definition) is 1. The highest BCUT2D eigenvalue weighted by atomic mass is 35.5. The molecule has 0 radical (unpaired) electrons. The Balaban J connectivity index is 2.19. The fourth-order valence-corrected chi connectivity index (χ4v) is 1.54. The first kappa shape index (κ1) is 13.6. The summed E-state index contributed by atoms with van der Waals surface area (Å²) in [5, 5.41) is 4.40. The van der Waals surface area contributed by atoms with Crippen LogP contribution in [0.1, 0.15) is 19.8 Å². The van der Waals surface area contributed by atoms with Crippen molar-refractivity contribution in [2.24, 2.45) is 0 Å². The van der Waals surface area contributed by atoms with Crippen molar-refractivity contribution in [2.75, 3.05) is 19.7 Å². The summed E-state index contributed by atoms with van der Waals surface area (Å²) in [4.78, 5) is 0. The molecule has 0 bridgehead atoms. The molecule has 1 aromatic rings. The van der Waals surface area contributed by atoms with Gasteiger partial charge in [0.15, 0.2) is 0 Å². The van der Waals surface area contributed by atoms with Crippen LogP contribution >= 0.6 is 23.2 Å². The van der Waals surface area contributed by atoms with Crippen LogP contribution in [0.3, 0.4) is 0 Å². The van der Waals surface area contributed by atoms with Gasteiger partial charge < -0.3 is 10.1 Å². The molecule has 0 aromatic heterocycles. The van der Waals surface area contributed by atoms with Crippen LogP contribution in [0.25, 0.3) is 0 Å². The maximum Gasteiger partial charge on any atom is 0.120 e. The van der Waals surface area contributed by atoms with Gasteiger partial charge in [-0.3, -0.25) is 0 Å². The predicted octanol–water partition coefficient (Wildman–Crippen LogP) is 3.76. The molecule has 0 saturated heterocycles. The molecule has 0 heterocycles. The van der Waals surface area contributed by atoms with Gasteiger partial charge in [0.2, 0.25) is 0 Å². The number of nitrogens with one attached hydrogen (secondary N) is 1. The zero-order chi connectivity index (χ0) is 11.8. The first-order valence-electron chi connectivity index (χ1n) is 5.52. The summed E-state index contributed by atoms with van der Waals surface area (Å²) >= 11 is 11.7. The second kappa shape index (κ2) is 7.77. The lowest BCUT2D eigenvalue weighted by atomic mass is 10.3. The molecule has 1 rings (SSSR count). The van der Waals surface area contributed by atoms with E-state index in [0.29, 0.717) is 16.7 Å². The summed E-state index contributed by atoms with van der Waals surface area (Å²) in [5.74, 6) is 0.768. The van der Waals surface area contributed by atoms with Crippen molar-refractivity contribution >= 4 is 23.2 Å². The van der Waals surface area contributed by atoms with Gasteiger partial charge in [0.05, 0.1) is 16.7 Å². The summed E-state index contributed by atoms with van der Waals surface area (Å²) in [6, 6.07) is 5.31. The molecule has 4 heteroatoms. The van der Waals surface area contributed by atoms with Crippen molar-refractivity contribution in [3.63, 3.8) is 0 Å². The van der Waals surface area contributed by atoms with E-state index in [1.807, 2.05) is 6.07 Å². The van der Waals surface area contributed by atoms with Crippen LogP contribution in [0, 0.1) is 0 Å². The lowest BCUT2D eigenvalue weighted by Crippen LogP contribution is -2.18. The van der Waals surface area contributed by atoms with Crippen molar-refractivity contribution < 1.29 is 4.74 Å². The maximum atomic E-state index is 5.87. The van der Waals surface area contributed by atoms with Gasteiger partial charge in [-0.2, -0.15) is 0 Å². The summed E-state index contributed by atoms with van der Waals surface area (Å²) in [5.41, 5.74) is 0. The van der Waals surface area contributed by atoms with Crippen molar-refractivity contribution in [3.05, 3.63) is 28.2 Å². The van der Waals surface area contributed by atoms with Crippen LogP contribution < -0.4 is 10.1 Å². The van der Waals surface area contributed by atoms with Crippen molar-refractivity contribution in [3.8, 4) is 5.75 Å². The van der Waals surface area contributed by atoms with Gasteiger partial charge in [-0.15, -0.1) is 0 Å². The van der Waals surface area contributed by atoms with Crippen LogP contribution in [0.4, 0.5) is 0 Å². The number of rotatable bonds is 7. The fourth-order valence-electron chi connectivity index (χ4n) is 1.26. The average Bonchev–Trinajstić information content (AvgIpc) is 2.28. The number of ether oxygens (including phenoxy) is 1. The maximum absolute atomic E-state index is 5.87. The first-order valence-corrected chi connectivity index (χ1v) is 6.28. The topological polar surface area (TPSA) is 21.3 Å². The van der Waals surface area contributed by atoms with Gasteiger partial charge in [-0.1, -0.05) is 30.1 Å². The zero-order valence-electron chi connectivity index (χ0n) is 9.43. The van der Waals surface area contributed by atoms with Gasteiger partial charge in [-0.25, -0.2) is 0 Å². The minimum atomic E-state index is 0.531. The molecule has 1 N–H and O–H groups in total. The van der Waals surface area contributed by atoms with E-state index in [4.69, 9.17) is 27.9 Å². The number of hydrogen-bond acceptors (Lipinski definition) is 2. The molecule has 0 aliphatic heterocycles. The van der Waals surface area contributed by atoms with Crippen LogP contribution in [-0.4, -0.2) is 19.7 Å². The molecule has 1 aromatic carbocycles. The minimum Gasteiger partial charge on any atom is -0.493 e. The van der Waals surface area contributed by atoms with E-state index in [9.17, 15) is 0 Å². The zero-order valence-corrected chi connectivity index (χ0v) is 10.9. The Morgan fingerprint density at radius 2 is 2.00 bits per heavy atom. The summed E-state index contributed by atoms with van der Waals surface area (Å²) in [6.45, 7) is 4.88. The summed E-state index contributed by atoms with van der Waals surface area (Å²) in [6.07, 6.45) is 2.15. The molecular formula is C12H17Cl2NO. The second-order valence-corrected chi connectivity index (χ2v) is 4.34. The lowest BCUT2D eigenvalue weighted by molar-refractivity contribution is 0.308. The summed E-state index contributed by atoms with van der Waals surface area (Å²) in [7, 11) is 0. The van der Waals surface area contributed by atoms with Crippen molar-refractivity contribution in [1.29, 1.82) is 0 Å². The Morgan fingerprint density at radius 1 is 1.19 bits per heavy atom. The molecular weight excluding hydrogens is 245 g/mol. The molecule has 0 atom stereocenters. The fraction of sp³-hybridized carbons (Fsp3) is 0.500. The minimum absolute atomic E-state index is 0.531. The van der Waals surface area contributed by atoms with E-state index in [1.54, 1.807) is 12.1 Å². The highest BCUT2D eigenvalue weighted by Crippen LogP contribution is 2.26. The third-order valence-corrected chi connectivity index (χ3v) is 2.82. The normalized spacial score (nSPS) is 10.4. The number of benzene rings is 1. The van der Waals surface area contributed by atoms with E-state index in [0.717, 1.165) is 31.7 Å². The van der Waals surface area contributed by atoms with Gasteiger partial charge in [0.1, 0.15) is 5.75 Å².